The third-order valence-corrected chi connectivity index (χ3v) is 7.61. The van der Waals surface area contributed by atoms with Crippen molar-refractivity contribution in [3.8, 4) is 0 Å². The number of benzene rings is 3. The number of hydrogen-bond donors (Lipinski definition) is 1. The number of halogens is 2. The summed E-state index contributed by atoms with van der Waals surface area (Å²) in [5.74, 6) is -2.48. The van der Waals surface area contributed by atoms with Crippen LogP contribution in [0.4, 0.5) is 4.79 Å². The van der Waals surface area contributed by atoms with Gasteiger partial charge in [-0.15, -0.1) is 0 Å². The molecule has 1 N–H and O–H groups in total. The highest BCUT2D eigenvalue weighted by Gasteiger charge is 2.62. The van der Waals surface area contributed by atoms with Gasteiger partial charge < -0.3 is 4.74 Å². The van der Waals surface area contributed by atoms with Crippen LogP contribution in [0, 0.1) is 11.8 Å². The van der Waals surface area contributed by atoms with Crippen molar-refractivity contribution in [1.82, 2.24) is 10.4 Å². The van der Waals surface area contributed by atoms with E-state index in [4.69, 9.17) is 27.9 Å². The maximum Gasteiger partial charge on any atom is 0.426 e. The van der Waals surface area contributed by atoms with Gasteiger partial charge in [0.25, 0.3) is 11.8 Å². The van der Waals surface area contributed by atoms with Crippen LogP contribution in [0.25, 0.3) is 0 Å². The standard InChI is InChI=1S/C26H18Cl2N2O4/c27-14-10-9-13(19(28)11-14)12-34-26(33)29-30-24(31)22-20-15-5-1-2-6-16(15)21(23(22)25(30)32)18-8-4-3-7-17(18)20/h1-11,20-23H,12H2,(H,29,33)/t20?,21?,22-,23-/m1/s1. The van der Waals surface area contributed by atoms with Crippen molar-refractivity contribution in [3.05, 3.63) is 105 Å². The van der Waals surface area contributed by atoms with Crippen molar-refractivity contribution in [2.45, 2.75) is 18.4 Å². The average molecular weight is 493 g/mol. The van der Waals surface area contributed by atoms with E-state index in [0.29, 0.717) is 15.6 Å². The van der Waals surface area contributed by atoms with Gasteiger partial charge in [-0.1, -0.05) is 77.8 Å². The Hall–Kier alpha value is -3.35. The fourth-order valence-corrected chi connectivity index (χ4v) is 6.16. The molecule has 1 heterocycles. The van der Waals surface area contributed by atoms with Crippen LogP contribution in [-0.2, 0) is 20.9 Å². The summed E-state index contributed by atoms with van der Waals surface area (Å²) < 4.78 is 5.23. The predicted molar refractivity (Wildman–Crippen MR) is 125 cm³/mol. The number of carbonyl (C=O) groups is 3. The number of amides is 3. The lowest BCUT2D eigenvalue weighted by Crippen LogP contribution is -2.47. The van der Waals surface area contributed by atoms with Gasteiger partial charge >= 0.3 is 6.09 Å². The third kappa shape index (κ3) is 3.06. The van der Waals surface area contributed by atoms with Crippen molar-refractivity contribution in [3.63, 3.8) is 0 Å². The van der Waals surface area contributed by atoms with Gasteiger partial charge in [0, 0.05) is 27.4 Å². The fraction of sp³-hybridized carbons (Fsp3) is 0.192. The van der Waals surface area contributed by atoms with Crippen molar-refractivity contribution >= 4 is 41.1 Å². The van der Waals surface area contributed by atoms with Crippen LogP contribution in [0.2, 0.25) is 10.0 Å². The van der Waals surface area contributed by atoms with Gasteiger partial charge in [-0.05, 0) is 34.4 Å². The molecule has 0 unspecified atom stereocenters. The van der Waals surface area contributed by atoms with E-state index >= 15 is 0 Å². The molecule has 0 aromatic heterocycles. The predicted octanol–water partition coefficient (Wildman–Crippen LogP) is 5.03. The smallest absolute Gasteiger partial charge is 0.426 e. The Labute approximate surface area is 205 Å². The molecule has 3 aliphatic carbocycles. The van der Waals surface area contributed by atoms with E-state index in [0.717, 1.165) is 27.3 Å². The molecule has 1 fully saturated rings. The maximum absolute atomic E-state index is 13.5. The lowest BCUT2D eigenvalue weighted by molar-refractivity contribution is -0.143. The lowest BCUT2D eigenvalue weighted by Gasteiger charge is -2.45. The summed E-state index contributed by atoms with van der Waals surface area (Å²) >= 11 is 12.0. The summed E-state index contributed by atoms with van der Waals surface area (Å²) in [6, 6.07) is 20.7. The average Bonchev–Trinajstić information content (AvgIpc) is 3.09. The molecule has 1 saturated heterocycles. The zero-order valence-electron chi connectivity index (χ0n) is 17.7. The summed E-state index contributed by atoms with van der Waals surface area (Å²) in [4.78, 5) is 39.4. The molecule has 2 bridgehead atoms. The van der Waals surface area contributed by atoms with E-state index < -0.39 is 29.7 Å². The molecule has 0 radical (unpaired) electrons. The van der Waals surface area contributed by atoms with Crippen molar-refractivity contribution < 1.29 is 19.1 Å². The second-order valence-corrected chi connectivity index (χ2v) is 9.54. The molecule has 0 spiro atoms. The molecule has 0 saturated carbocycles. The van der Waals surface area contributed by atoms with Crippen LogP contribution in [0.5, 0.6) is 0 Å². The molecule has 6 nitrogen and oxygen atoms in total. The van der Waals surface area contributed by atoms with Gasteiger partial charge in [-0.25, -0.2) is 10.2 Å². The SMILES string of the molecule is O=C(NN1C(=O)[C@@H]2C3c4ccccc4C(c4ccccc43)[C@H]2C1=O)OCc1ccc(Cl)cc1Cl. The second kappa shape index (κ2) is 7.86. The summed E-state index contributed by atoms with van der Waals surface area (Å²) in [5, 5.41) is 1.65. The minimum Gasteiger partial charge on any atom is -0.443 e. The van der Waals surface area contributed by atoms with E-state index in [9.17, 15) is 14.4 Å². The van der Waals surface area contributed by atoms with E-state index in [1.165, 1.54) is 0 Å². The van der Waals surface area contributed by atoms with Crippen LogP contribution in [0.15, 0.2) is 66.7 Å². The van der Waals surface area contributed by atoms with Crippen molar-refractivity contribution in [2.24, 2.45) is 11.8 Å². The summed E-state index contributed by atoms with van der Waals surface area (Å²) in [6.07, 6.45) is -0.909. The van der Waals surface area contributed by atoms with E-state index in [2.05, 4.69) is 5.43 Å². The van der Waals surface area contributed by atoms with Crippen LogP contribution < -0.4 is 5.43 Å². The Balaban J connectivity index is 1.27. The number of ether oxygens (including phenoxy) is 1. The molecule has 34 heavy (non-hydrogen) atoms. The number of rotatable bonds is 3. The summed E-state index contributed by atoms with van der Waals surface area (Å²) in [5.41, 5.74) is 7.18. The topological polar surface area (TPSA) is 75.7 Å². The summed E-state index contributed by atoms with van der Waals surface area (Å²) in [7, 11) is 0. The van der Waals surface area contributed by atoms with Crippen LogP contribution >= 0.6 is 23.2 Å². The molecular weight excluding hydrogens is 475 g/mol. The summed E-state index contributed by atoms with van der Waals surface area (Å²) in [6.45, 7) is -0.132. The first kappa shape index (κ1) is 21.2. The van der Waals surface area contributed by atoms with Crippen LogP contribution in [0.3, 0.4) is 0 Å². The van der Waals surface area contributed by atoms with Gasteiger partial charge in [0.1, 0.15) is 6.61 Å². The Morgan fingerprint density at radius 3 is 1.79 bits per heavy atom. The van der Waals surface area contributed by atoms with E-state index in [1.807, 2.05) is 48.5 Å². The molecule has 7 rings (SSSR count). The first-order valence-corrected chi connectivity index (χ1v) is 11.6. The van der Waals surface area contributed by atoms with E-state index in [-0.39, 0.29) is 18.4 Å². The zero-order valence-corrected chi connectivity index (χ0v) is 19.2. The molecule has 3 aromatic carbocycles. The molecule has 3 amide bonds. The Morgan fingerprint density at radius 1 is 0.824 bits per heavy atom. The molecule has 1 aliphatic heterocycles. The highest BCUT2D eigenvalue weighted by molar-refractivity contribution is 6.35. The largest absolute Gasteiger partial charge is 0.443 e. The number of nitrogens with one attached hydrogen (secondary N) is 1. The van der Waals surface area contributed by atoms with Crippen molar-refractivity contribution in [2.75, 3.05) is 0 Å². The normalized spacial score (nSPS) is 23.9. The number of imide groups is 1. The molecule has 2 atom stereocenters. The van der Waals surface area contributed by atoms with Gasteiger partial charge in [0.2, 0.25) is 0 Å². The van der Waals surface area contributed by atoms with Gasteiger partial charge in [0.15, 0.2) is 0 Å². The number of nitrogens with zero attached hydrogens (tertiary/aromatic N) is 1. The number of hydrogen-bond acceptors (Lipinski definition) is 4. The monoisotopic (exact) mass is 492 g/mol. The first-order chi connectivity index (χ1) is 16.5. The van der Waals surface area contributed by atoms with Gasteiger partial charge in [0.05, 0.1) is 11.8 Å². The maximum atomic E-state index is 13.5. The minimum atomic E-state index is -0.909. The Morgan fingerprint density at radius 2 is 1.32 bits per heavy atom. The molecular formula is C26H18Cl2N2O4. The highest BCUT2D eigenvalue weighted by Crippen LogP contribution is 2.60. The van der Waals surface area contributed by atoms with Crippen LogP contribution in [0.1, 0.15) is 39.7 Å². The first-order valence-electron chi connectivity index (χ1n) is 10.9. The van der Waals surface area contributed by atoms with E-state index in [1.54, 1.807) is 18.2 Å². The molecule has 4 aliphatic rings. The van der Waals surface area contributed by atoms with Crippen LogP contribution in [-0.4, -0.2) is 22.9 Å². The zero-order chi connectivity index (χ0) is 23.6. The Bertz CT molecular complexity index is 1260. The number of hydrazine groups is 1. The molecule has 8 heteroatoms. The quantitative estimate of drug-likeness (QED) is 0.520. The van der Waals surface area contributed by atoms with Gasteiger partial charge in [-0.2, -0.15) is 5.01 Å². The third-order valence-electron chi connectivity index (χ3n) is 7.03. The second-order valence-electron chi connectivity index (χ2n) is 8.70. The molecule has 3 aromatic rings. The highest BCUT2D eigenvalue weighted by atomic mass is 35.5. The van der Waals surface area contributed by atoms with Gasteiger partial charge in [-0.3, -0.25) is 9.59 Å². The minimum absolute atomic E-state index is 0.132. The molecule has 170 valence electrons. The Kier molecular flexibility index (Phi) is 4.90. The number of carbonyl (C=O) groups excluding carboxylic acids is 3. The lowest BCUT2D eigenvalue weighted by atomic mass is 9.55. The van der Waals surface area contributed by atoms with Crippen molar-refractivity contribution in [1.29, 1.82) is 0 Å². The fourth-order valence-electron chi connectivity index (χ4n) is 5.69.